The summed E-state index contributed by atoms with van der Waals surface area (Å²) in [6.07, 6.45) is 3.17. The first-order valence-corrected chi connectivity index (χ1v) is 5.82. The lowest BCUT2D eigenvalue weighted by Crippen LogP contribution is -2.08. The molecule has 2 aromatic rings. The van der Waals surface area contributed by atoms with Gasteiger partial charge in [-0.1, -0.05) is 17.7 Å². The first kappa shape index (κ1) is 13.2. The first-order valence-electron chi connectivity index (χ1n) is 5.44. The van der Waals surface area contributed by atoms with Crippen LogP contribution >= 0.6 is 11.6 Å². The molecule has 0 saturated heterocycles. The molecular weight excluding hydrogens is 268 g/mol. The van der Waals surface area contributed by atoms with Gasteiger partial charge in [0.1, 0.15) is 5.56 Å². The Morgan fingerprint density at radius 2 is 1.95 bits per heavy atom. The highest BCUT2D eigenvalue weighted by Crippen LogP contribution is 2.27. The fourth-order valence-corrected chi connectivity index (χ4v) is 1.99. The number of benzene rings is 1. The maximum absolute atomic E-state index is 12.2. The fraction of sp³-hybridized carbons (Fsp3) is 0.0769. The molecule has 0 amide bonds. The number of rotatable bonds is 4. The Kier molecular flexibility index (Phi) is 3.87. The van der Waals surface area contributed by atoms with E-state index in [1.807, 2.05) is 0 Å². The van der Waals surface area contributed by atoms with Crippen LogP contribution in [0.4, 0.5) is 5.69 Å². The van der Waals surface area contributed by atoms with Crippen molar-refractivity contribution in [3.05, 3.63) is 69.0 Å². The quantitative estimate of drug-likeness (QED) is 0.489. The highest BCUT2D eigenvalue weighted by atomic mass is 35.5. The molecule has 0 unspecified atom stereocenters. The molecule has 0 atom stereocenters. The molecule has 0 spiro atoms. The maximum Gasteiger partial charge on any atom is 0.281 e. The molecule has 2 rings (SSSR count). The number of halogens is 1. The van der Waals surface area contributed by atoms with Gasteiger partial charge in [-0.15, -0.1) is 0 Å². The minimum atomic E-state index is -0.605. The van der Waals surface area contributed by atoms with Gasteiger partial charge >= 0.3 is 0 Å². The van der Waals surface area contributed by atoms with Crippen LogP contribution < -0.4 is 0 Å². The van der Waals surface area contributed by atoms with Gasteiger partial charge in [-0.3, -0.25) is 19.9 Å². The second kappa shape index (κ2) is 5.58. The van der Waals surface area contributed by atoms with E-state index in [4.69, 9.17) is 11.6 Å². The third-order valence-corrected chi connectivity index (χ3v) is 2.90. The van der Waals surface area contributed by atoms with Gasteiger partial charge < -0.3 is 0 Å². The van der Waals surface area contributed by atoms with Crippen LogP contribution in [0.2, 0.25) is 5.02 Å². The Balaban J connectivity index is 2.36. The van der Waals surface area contributed by atoms with E-state index >= 15 is 0 Å². The summed E-state index contributed by atoms with van der Waals surface area (Å²) < 4.78 is 0. The zero-order valence-electron chi connectivity index (χ0n) is 9.75. The molecule has 0 N–H and O–H groups in total. The van der Waals surface area contributed by atoms with Crippen molar-refractivity contribution in [2.75, 3.05) is 0 Å². The van der Waals surface area contributed by atoms with Crippen LogP contribution in [0, 0.1) is 10.1 Å². The van der Waals surface area contributed by atoms with Crippen LogP contribution in [0.1, 0.15) is 15.9 Å². The number of nitro groups is 1. The molecule has 6 heteroatoms. The van der Waals surface area contributed by atoms with Gasteiger partial charge in [0.05, 0.1) is 9.95 Å². The van der Waals surface area contributed by atoms with E-state index in [2.05, 4.69) is 4.98 Å². The van der Waals surface area contributed by atoms with E-state index in [9.17, 15) is 14.9 Å². The molecule has 0 radical (unpaired) electrons. The smallest absolute Gasteiger partial charge is 0.281 e. The molecule has 0 bridgehead atoms. The number of hydrogen-bond donors (Lipinski definition) is 0. The average molecular weight is 277 g/mol. The van der Waals surface area contributed by atoms with Gasteiger partial charge in [0, 0.05) is 24.9 Å². The molecule has 0 saturated carbocycles. The summed E-state index contributed by atoms with van der Waals surface area (Å²) >= 11 is 5.90. The number of carbonyl (C=O) groups excluding carboxylic acids is 1. The maximum atomic E-state index is 12.2. The Labute approximate surface area is 114 Å². The van der Waals surface area contributed by atoms with Crippen LogP contribution in [0.5, 0.6) is 0 Å². The zero-order valence-corrected chi connectivity index (χ0v) is 10.5. The molecule has 19 heavy (non-hydrogen) atoms. The highest BCUT2D eigenvalue weighted by Gasteiger charge is 2.23. The van der Waals surface area contributed by atoms with Crippen molar-refractivity contribution in [2.24, 2.45) is 0 Å². The van der Waals surface area contributed by atoms with Crippen molar-refractivity contribution in [3.8, 4) is 0 Å². The van der Waals surface area contributed by atoms with E-state index in [-0.39, 0.29) is 28.5 Å². The third-order valence-electron chi connectivity index (χ3n) is 2.58. The van der Waals surface area contributed by atoms with Crippen molar-refractivity contribution in [2.45, 2.75) is 6.42 Å². The second-order valence-corrected chi connectivity index (χ2v) is 4.25. The fourth-order valence-electron chi connectivity index (χ4n) is 1.72. The van der Waals surface area contributed by atoms with E-state index in [1.165, 1.54) is 18.2 Å². The molecule has 0 aliphatic carbocycles. The lowest BCUT2D eigenvalue weighted by molar-refractivity contribution is -0.385. The van der Waals surface area contributed by atoms with Gasteiger partial charge in [0.15, 0.2) is 5.78 Å². The van der Waals surface area contributed by atoms with E-state index in [0.29, 0.717) is 0 Å². The number of nitrogens with zero attached hydrogens (tertiary/aromatic N) is 2. The van der Waals surface area contributed by atoms with E-state index in [1.54, 1.807) is 24.5 Å². The number of hydrogen-bond acceptors (Lipinski definition) is 4. The van der Waals surface area contributed by atoms with Crippen LogP contribution in [0.25, 0.3) is 0 Å². The molecule has 96 valence electrons. The molecule has 1 aromatic carbocycles. The summed E-state index contributed by atoms with van der Waals surface area (Å²) in [6, 6.07) is 7.55. The SMILES string of the molecule is O=C(Cc1ccncc1)c1c(Cl)cccc1[N+](=O)[O-]. The summed E-state index contributed by atoms with van der Waals surface area (Å²) in [7, 11) is 0. The normalized spacial score (nSPS) is 10.2. The number of pyridine rings is 1. The second-order valence-electron chi connectivity index (χ2n) is 3.85. The van der Waals surface area contributed by atoms with E-state index < -0.39 is 4.92 Å². The van der Waals surface area contributed by atoms with Gasteiger partial charge in [0.2, 0.25) is 0 Å². The van der Waals surface area contributed by atoms with Crippen LogP contribution in [0.15, 0.2) is 42.7 Å². The van der Waals surface area contributed by atoms with Gasteiger partial charge in [-0.05, 0) is 23.8 Å². The predicted octanol–water partition coefficient (Wildman–Crippen LogP) is 3.07. The lowest BCUT2D eigenvalue weighted by Gasteiger charge is -2.04. The van der Waals surface area contributed by atoms with Crippen LogP contribution in [-0.4, -0.2) is 15.7 Å². The Morgan fingerprint density at radius 1 is 1.26 bits per heavy atom. The summed E-state index contributed by atoms with van der Waals surface area (Å²) in [5.41, 5.74) is 0.409. The van der Waals surface area contributed by atoms with Crippen molar-refractivity contribution >= 4 is 23.1 Å². The number of ketones is 1. The lowest BCUT2D eigenvalue weighted by atomic mass is 10.0. The van der Waals surface area contributed by atoms with Crippen LogP contribution in [0.3, 0.4) is 0 Å². The summed E-state index contributed by atoms with van der Waals surface area (Å²) in [4.78, 5) is 26.3. The zero-order chi connectivity index (χ0) is 13.8. The summed E-state index contributed by atoms with van der Waals surface area (Å²) in [5, 5.41) is 11.0. The number of carbonyl (C=O) groups is 1. The van der Waals surface area contributed by atoms with Gasteiger partial charge in [-0.25, -0.2) is 0 Å². The average Bonchev–Trinajstić information content (AvgIpc) is 2.39. The molecule has 1 aromatic heterocycles. The predicted molar refractivity (Wildman–Crippen MR) is 70.4 cm³/mol. The van der Waals surface area contributed by atoms with Crippen LogP contribution in [-0.2, 0) is 6.42 Å². The molecule has 5 nitrogen and oxygen atoms in total. The topological polar surface area (TPSA) is 73.1 Å². The Bertz CT molecular complexity index is 629. The molecule has 0 aliphatic rings. The van der Waals surface area contributed by atoms with Crippen molar-refractivity contribution in [1.29, 1.82) is 0 Å². The molecule has 0 aliphatic heterocycles. The summed E-state index contributed by atoms with van der Waals surface area (Å²) in [5.74, 6) is -0.386. The van der Waals surface area contributed by atoms with Crippen molar-refractivity contribution in [1.82, 2.24) is 4.98 Å². The number of Topliss-reactive ketones (excluding diaryl/α,β-unsaturated/α-hetero) is 1. The van der Waals surface area contributed by atoms with Crippen molar-refractivity contribution < 1.29 is 9.72 Å². The number of nitro benzene ring substituents is 1. The van der Waals surface area contributed by atoms with Crippen molar-refractivity contribution in [3.63, 3.8) is 0 Å². The monoisotopic (exact) mass is 276 g/mol. The summed E-state index contributed by atoms with van der Waals surface area (Å²) in [6.45, 7) is 0. The Hall–Kier alpha value is -2.27. The Morgan fingerprint density at radius 3 is 2.58 bits per heavy atom. The molecule has 1 heterocycles. The minimum absolute atomic E-state index is 0.0487. The minimum Gasteiger partial charge on any atom is -0.293 e. The van der Waals surface area contributed by atoms with Gasteiger partial charge in [-0.2, -0.15) is 0 Å². The first-order chi connectivity index (χ1) is 9.09. The molecule has 0 fully saturated rings. The van der Waals surface area contributed by atoms with E-state index in [0.717, 1.165) is 5.56 Å². The highest BCUT2D eigenvalue weighted by molar-refractivity contribution is 6.34. The number of aromatic nitrogens is 1. The van der Waals surface area contributed by atoms with Gasteiger partial charge in [0.25, 0.3) is 5.69 Å². The third kappa shape index (κ3) is 2.95. The largest absolute Gasteiger partial charge is 0.293 e. The standard InChI is InChI=1S/C13H9ClN2O3/c14-10-2-1-3-11(16(18)19)13(10)12(17)8-9-4-6-15-7-5-9/h1-7H,8H2. The molecular formula is C13H9ClN2O3.